The van der Waals surface area contributed by atoms with Crippen LogP contribution in [0.5, 0.6) is 0 Å². The van der Waals surface area contributed by atoms with Crippen LogP contribution in [0.1, 0.15) is 6.92 Å². The molecule has 0 saturated carbocycles. The zero-order valence-corrected chi connectivity index (χ0v) is 12.6. The molecule has 0 nitrogen and oxygen atoms in total. The van der Waals surface area contributed by atoms with Crippen LogP contribution in [0.15, 0.2) is 96.9 Å². The molecule has 20 heavy (non-hydrogen) atoms. The molecule has 0 amide bonds. The highest BCUT2D eigenvalue weighted by Crippen LogP contribution is 2.43. The fraction of sp³-hybridized carbons (Fsp3) is 0.0526. The van der Waals surface area contributed by atoms with Crippen LogP contribution in [0.3, 0.4) is 0 Å². The van der Waals surface area contributed by atoms with Crippen molar-refractivity contribution in [1.82, 2.24) is 0 Å². The third-order valence-electron chi connectivity index (χ3n) is 2.96. The minimum Gasteiger partial charge on any atom is -0.0984 e. The van der Waals surface area contributed by atoms with E-state index in [1.807, 2.05) is 19.1 Å². The first-order valence-electron chi connectivity index (χ1n) is 6.72. The Morgan fingerprint density at radius 2 is 1.40 bits per heavy atom. The number of hydrogen-bond donors (Lipinski definition) is 0. The van der Waals surface area contributed by atoms with Crippen molar-refractivity contribution in [2.45, 2.75) is 6.92 Å². The summed E-state index contributed by atoms with van der Waals surface area (Å²) in [5, 5.41) is 3.98. The number of allylic oxidation sites excluding steroid dienone is 5. The Bertz CT molecular complexity index is 555. The van der Waals surface area contributed by atoms with E-state index >= 15 is 0 Å². The molecule has 0 bridgehead atoms. The van der Waals surface area contributed by atoms with Crippen molar-refractivity contribution in [3.8, 4) is 0 Å². The minimum atomic E-state index is -0.534. The van der Waals surface area contributed by atoms with Crippen LogP contribution in [0.25, 0.3) is 0 Å². The molecule has 0 aliphatic rings. The van der Waals surface area contributed by atoms with Crippen molar-refractivity contribution in [3.05, 3.63) is 96.9 Å². The van der Waals surface area contributed by atoms with Gasteiger partial charge in [0.15, 0.2) is 0 Å². The lowest BCUT2D eigenvalue weighted by atomic mass is 10.4. The van der Waals surface area contributed by atoms with E-state index in [9.17, 15) is 0 Å². The lowest BCUT2D eigenvalue weighted by Gasteiger charge is -2.19. The molecule has 0 atom stereocenters. The van der Waals surface area contributed by atoms with Crippen molar-refractivity contribution in [2.24, 2.45) is 0 Å². The Hall–Kier alpha value is -1.91. The second-order valence-electron chi connectivity index (χ2n) is 4.33. The summed E-state index contributed by atoms with van der Waals surface area (Å²) < 4.78 is 0. The second-order valence-corrected chi connectivity index (χ2v) is 6.55. The summed E-state index contributed by atoms with van der Waals surface area (Å²) in [6.07, 6.45) is 8.27. The molecule has 0 radical (unpaired) electrons. The molecule has 0 aromatic heterocycles. The first kappa shape index (κ1) is 14.5. The molecular weight excluding hydrogens is 259 g/mol. The van der Waals surface area contributed by atoms with Crippen LogP contribution < -0.4 is 10.6 Å². The predicted molar refractivity (Wildman–Crippen MR) is 92.2 cm³/mol. The lowest BCUT2D eigenvalue weighted by Crippen LogP contribution is -2.12. The Balaban J connectivity index is 2.52. The van der Waals surface area contributed by atoms with Gasteiger partial charge in [0.2, 0.25) is 0 Å². The highest BCUT2D eigenvalue weighted by atomic mass is 31.1. The zero-order valence-electron chi connectivity index (χ0n) is 11.7. The molecule has 100 valence electrons. The van der Waals surface area contributed by atoms with Crippen LogP contribution >= 0.6 is 7.92 Å². The van der Waals surface area contributed by atoms with E-state index in [1.54, 1.807) is 0 Å². The van der Waals surface area contributed by atoms with E-state index in [-0.39, 0.29) is 0 Å². The quantitative estimate of drug-likeness (QED) is 0.546. The van der Waals surface area contributed by atoms with Gasteiger partial charge in [-0.2, -0.15) is 0 Å². The summed E-state index contributed by atoms with van der Waals surface area (Å²) in [5.74, 6) is 0. The maximum absolute atomic E-state index is 4.00. The van der Waals surface area contributed by atoms with E-state index in [0.717, 1.165) is 0 Å². The van der Waals surface area contributed by atoms with Crippen LogP contribution in [-0.2, 0) is 0 Å². The first-order chi connectivity index (χ1) is 9.86. The van der Waals surface area contributed by atoms with Crippen molar-refractivity contribution in [1.29, 1.82) is 0 Å². The maximum atomic E-state index is 4.00. The largest absolute Gasteiger partial charge is 0.0984 e. The molecular formula is C19H19P. The normalized spacial score (nSPS) is 12.0. The zero-order chi connectivity index (χ0) is 14.2. The van der Waals surface area contributed by atoms with E-state index in [0.29, 0.717) is 0 Å². The Kier molecular flexibility index (Phi) is 5.53. The molecule has 0 saturated heterocycles. The van der Waals surface area contributed by atoms with Crippen molar-refractivity contribution in [2.75, 3.05) is 0 Å². The molecule has 1 heteroatoms. The summed E-state index contributed by atoms with van der Waals surface area (Å²) in [6, 6.07) is 21.3. The fourth-order valence-electron chi connectivity index (χ4n) is 2.03. The standard InChI is InChI=1S/C19H19P/c1-3-5-12-17(4-2)20(18-13-8-6-9-14-18)19-15-10-7-11-16-19/h3-16H,2H2,1H3/b5-3-,17-12+. The van der Waals surface area contributed by atoms with E-state index in [2.05, 4.69) is 79.4 Å². The van der Waals surface area contributed by atoms with Gasteiger partial charge in [0.1, 0.15) is 0 Å². The van der Waals surface area contributed by atoms with E-state index < -0.39 is 7.92 Å². The summed E-state index contributed by atoms with van der Waals surface area (Å²) >= 11 is 0. The number of hydrogen-bond acceptors (Lipinski definition) is 0. The number of benzene rings is 2. The van der Waals surface area contributed by atoms with E-state index in [1.165, 1.54) is 15.9 Å². The molecule has 2 rings (SSSR count). The SMILES string of the molecule is C=C/C(=C\C=C/C)P(c1ccccc1)c1ccccc1. The Labute approximate surface area is 122 Å². The van der Waals surface area contributed by atoms with Gasteiger partial charge in [-0.3, -0.25) is 0 Å². The van der Waals surface area contributed by atoms with Crippen molar-refractivity contribution >= 4 is 18.5 Å². The van der Waals surface area contributed by atoms with Gasteiger partial charge in [-0.25, -0.2) is 0 Å². The number of rotatable bonds is 5. The van der Waals surface area contributed by atoms with Crippen LogP contribution in [0.4, 0.5) is 0 Å². The third kappa shape index (κ3) is 3.56. The van der Waals surface area contributed by atoms with Gasteiger partial charge in [-0.05, 0) is 30.8 Å². The predicted octanol–water partition coefficient (Wildman–Crippen LogP) is 4.77. The van der Waals surface area contributed by atoms with Gasteiger partial charge in [0.25, 0.3) is 0 Å². The maximum Gasteiger partial charge on any atom is -0.0135 e. The average molecular weight is 278 g/mol. The van der Waals surface area contributed by atoms with Gasteiger partial charge < -0.3 is 0 Å². The molecule has 0 aliphatic heterocycles. The molecule has 0 aliphatic carbocycles. The fourth-order valence-corrected chi connectivity index (χ4v) is 4.28. The van der Waals surface area contributed by atoms with Crippen LogP contribution in [0, 0.1) is 0 Å². The van der Waals surface area contributed by atoms with Gasteiger partial charge >= 0.3 is 0 Å². The lowest BCUT2D eigenvalue weighted by molar-refractivity contribution is 1.71. The van der Waals surface area contributed by atoms with Gasteiger partial charge in [-0.1, -0.05) is 91.5 Å². The highest BCUT2D eigenvalue weighted by Gasteiger charge is 2.15. The van der Waals surface area contributed by atoms with E-state index in [4.69, 9.17) is 0 Å². The van der Waals surface area contributed by atoms with Crippen LogP contribution in [-0.4, -0.2) is 0 Å². The summed E-state index contributed by atoms with van der Waals surface area (Å²) in [6.45, 7) is 6.03. The second kappa shape index (κ2) is 7.62. The Morgan fingerprint density at radius 1 is 0.900 bits per heavy atom. The van der Waals surface area contributed by atoms with Gasteiger partial charge in [-0.15, -0.1) is 0 Å². The van der Waals surface area contributed by atoms with Gasteiger partial charge in [0, 0.05) is 0 Å². The third-order valence-corrected chi connectivity index (χ3v) is 5.43. The minimum absolute atomic E-state index is 0.534. The molecule has 2 aromatic rings. The molecule has 0 spiro atoms. The monoisotopic (exact) mass is 278 g/mol. The topological polar surface area (TPSA) is 0 Å². The van der Waals surface area contributed by atoms with Gasteiger partial charge in [0.05, 0.1) is 0 Å². The molecule has 2 aromatic carbocycles. The Morgan fingerprint density at radius 3 is 1.80 bits per heavy atom. The average Bonchev–Trinajstić information content (AvgIpc) is 2.53. The molecule has 0 heterocycles. The summed E-state index contributed by atoms with van der Waals surface area (Å²) in [4.78, 5) is 0. The van der Waals surface area contributed by atoms with Crippen molar-refractivity contribution < 1.29 is 0 Å². The van der Waals surface area contributed by atoms with Crippen LogP contribution in [0.2, 0.25) is 0 Å². The summed E-state index contributed by atoms with van der Waals surface area (Å²) in [7, 11) is -0.534. The molecule has 0 fully saturated rings. The summed E-state index contributed by atoms with van der Waals surface area (Å²) in [5.41, 5.74) is 0. The highest BCUT2D eigenvalue weighted by molar-refractivity contribution is 7.77. The first-order valence-corrected chi connectivity index (χ1v) is 8.06. The van der Waals surface area contributed by atoms with Crippen molar-refractivity contribution in [3.63, 3.8) is 0 Å². The molecule has 0 N–H and O–H groups in total. The molecule has 0 unspecified atom stereocenters. The smallest absolute Gasteiger partial charge is 0.0135 e.